The summed E-state index contributed by atoms with van der Waals surface area (Å²) in [5.74, 6) is -0.914. The van der Waals surface area contributed by atoms with Crippen molar-refractivity contribution in [1.29, 1.82) is 5.26 Å². The highest BCUT2D eigenvalue weighted by molar-refractivity contribution is 6.36. The number of aromatic nitrogens is 1. The smallest absolute Gasteiger partial charge is 0.266 e. The average Bonchev–Trinajstić information content (AvgIpc) is 2.96. The average molecular weight is 428 g/mol. The maximum Gasteiger partial charge on any atom is 0.266 e. The molecular weight excluding hydrogens is 412 g/mol. The van der Waals surface area contributed by atoms with E-state index >= 15 is 0 Å². The lowest BCUT2D eigenvalue weighted by Gasteiger charge is -2.09. The van der Waals surface area contributed by atoms with Gasteiger partial charge in [0.25, 0.3) is 5.91 Å². The summed E-state index contributed by atoms with van der Waals surface area (Å²) in [6.45, 7) is 3.76. The van der Waals surface area contributed by atoms with Crippen molar-refractivity contribution in [2.45, 2.75) is 13.8 Å². The second-order valence-corrected chi connectivity index (χ2v) is 7.23. The van der Waals surface area contributed by atoms with Crippen LogP contribution in [0.1, 0.15) is 17.0 Å². The summed E-state index contributed by atoms with van der Waals surface area (Å²) in [6, 6.07) is 14.6. The molecule has 0 fully saturated rings. The van der Waals surface area contributed by atoms with Crippen molar-refractivity contribution >= 4 is 40.9 Å². The zero-order valence-electron chi connectivity index (χ0n) is 15.6. The van der Waals surface area contributed by atoms with E-state index in [9.17, 15) is 14.4 Å². The fourth-order valence-corrected chi connectivity index (χ4v) is 3.35. The van der Waals surface area contributed by atoms with E-state index in [1.165, 1.54) is 24.3 Å². The molecular formula is C22H16Cl2FN3O. The van der Waals surface area contributed by atoms with Crippen LogP contribution in [0.4, 0.5) is 10.1 Å². The molecule has 1 N–H and O–H groups in total. The summed E-state index contributed by atoms with van der Waals surface area (Å²) >= 11 is 12.0. The van der Waals surface area contributed by atoms with Crippen molar-refractivity contribution in [3.8, 4) is 11.8 Å². The summed E-state index contributed by atoms with van der Waals surface area (Å²) in [5, 5.41) is 12.8. The molecule has 0 saturated heterocycles. The van der Waals surface area contributed by atoms with Gasteiger partial charge in [-0.05, 0) is 74.0 Å². The molecule has 0 aliphatic heterocycles. The van der Waals surface area contributed by atoms with E-state index in [2.05, 4.69) is 5.32 Å². The molecule has 1 heterocycles. The van der Waals surface area contributed by atoms with Crippen LogP contribution in [0, 0.1) is 31.0 Å². The molecule has 0 unspecified atom stereocenters. The van der Waals surface area contributed by atoms with Crippen LogP contribution in [0.15, 0.2) is 54.1 Å². The number of hydrogen-bond acceptors (Lipinski definition) is 2. The van der Waals surface area contributed by atoms with E-state index in [4.69, 9.17) is 23.2 Å². The van der Waals surface area contributed by atoms with Gasteiger partial charge in [-0.2, -0.15) is 5.26 Å². The minimum atomic E-state index is -0.594. The third-order valence-electron chi connectivity index (χ3n) is 4.40. The molecule has 7 heteroatoms. The van der Waals surface area contributed by atoms with Crippen LogP contribution in [0.2, 0.25) is 10.0 Å². The number of nitriles is 1. The molecule has 0 saturated carbocycles. The first-order valence-corrected chi connectivity index (χ1v) is 9.39. The first-order valence-electron chi connectivity index (χ1n) is 8.63. The Kier molecular flexibility index (Phi) is 6.07. The summed E-state index contributed by atoms with van der Waals surface area (Å²) < 4.78 is 15.2. The highest BCUT2D eigenvalue weighted by Crippen LogP contribution is 2.27. The number of carbonyl (C=O) groups excluding carboxylic acids is 1. The van der Waals surface area contributed by atoms with Crippen LogP contribution in [-0.4, -0.2) is 10.5 Å². The number of aryl methyl sites for hydroxylation is 1. The predicted molar refractivity (Wildman–Crippen MR) is 114 cm³/mol. The van der Waals surface area contributed by atoms with E-state index in [-0.39, 0.29) is 11.4 Å². The van der Waals surface area contributed by atoms with Crippen LogP contribution in [0.5, 0.6) is 0 Å². The van der Waals surface area contributed by atoms with Crippen molar-refractivity contribution in [2.24, 2.45) is 0 Å². The van der Waals surface area contributed by atoms with Gasteiger partial charge >= 0.3 is 0 Å². The summed E-state index contributed by atoms with van der Waals surface area (Å²) in [5.41, 5.74) is 3.43. The van der Waals surface area contributed by atoms with Crippen molar-refractivity contribution in [1.82, 2.24) is 4.57 Å². The molecule has 0 aliphatic rings. The number of amides is 1. The largest absolute Gasteiger partial charge is 0.320 e. The van der Waals surface area contributed by atoms with Gasteiger partial charge in [0.1, 0.15) is 17.5 Å². The minimum Gasteiger partial charge on any atom is -0.320 e. The van der Waals surface area contributed by atoms with Gasteiger partial charge in [0, 0.05) is 22.1 Å². The maximum absolute atomic E-state index is 13.2. The third-order valence-corrected chi connectivity index (χ3v) is 4.96. The van der Waals surface area contributed by atoms with Crippen LogP contribution >= 0.6 is 23.2 Å². The van der Waals surface area contributed by atoms with E-state index in [1.807, 2.05) is 30.6 Å². The molecule has 3 aromatic rings. The zero-order valence-corrected chi connectivity index (χ0v) is 17.1. The van der Waals surface area contributed by atoms with Crippen LogP contribution in [-0.2, 0) is 4.79 Å². The van der Waals surface area contributed by atoms with Gasteiger partial charge in [-0.3, -0.25) is 4.79 Å². The fraction of sp³-hybridized carbons (Fsp3) is 0.0909. The number of halogens is 3. The fourth-order valence-electron chi connectivity index (χ4n) is 3.01. The molecule has 0 bridgehead atoms. The molecule has 0 atom stereocenters. The van der Waals surface area contributed by atoms with E-state index in [0.717, 1.165) is 17.1 Å². The standard InChI is InChI=1S/C22H16Cl2FN3O/c1-13-9-15(14(2)28(13)19-6-4-18(25)5-7-19)10-16(12-26)22(29)27-21-11-17(23)3-8-20(21)24/h3-11H,1-2H3,(H,27,29)/b16-10+. The molecule has 0 aliphatic carbocycles. The monoisotopic (exact) mass is 427 g/mol. The molecule has 146 valence electrons. The molecule has 2 aromatic carbocycles. The number of nitrogens with one attached hydrogen (secondary N) is 1. The minimum absolute atomic E-state index is 0.0830. The lowest BCUT2D eigenvalue weighted by atomic mass is 10.1. The third kappa shape index (κ3) is 4.51. The highest BCUT2D eigenvalue weighted by atomic mass is 35.5. The van der Waals surface area contributed by atoms with Gasteiger partial charge in [0.2, 0.25) is 0 Å². The number of nitrogens with zero attached hydrogens (tertiary/aromatic N) is 2. The Hall–Kier alpha value is -3.07. The first-order chi connectivity index (χ1) is 13.8. The summed E-state index contributed by atoms with van der Waals surface area (Å²) in [4.78, 5) is 12.6. The predicted octanol–water partition coefficient (Wildman–Crippen LogP) is 6.09. The molecule has 1 amide bonds. The number of benzene rings is 2. The van der Waals surface area contributed by atoms with Crippen LogP contribution in [0.3, 0.4) is 0 Å². The Balaban J connectivity index is 1.94. The van der Waals surface area contributed by atoms with Gasteiger partial charge < -0.3 is 9.88 Å². The van der Waals surface area contributed by atoms with Crippen LogP contribution in [0.25, 0.3) is 11.8 Å². The molecule has 0 spiro atoms. The van der Waals surface area contributed by atoms with E-state index in [1.54, 1.807) is 24.3 Å². The second-order valence-electron chi connectivity index (χ2n) is 6.39. The summed E-state index contributed by atoms with van der Waals surface area (Å²) in [6.07, 6.45) is 1.51. The number of rotatable bonds is 4. The molecule has 3 rings (SSSR count). The van der Waals surface area contributed by atoms with Crippen molar-refractivity contribution < 1.29 is 9.18 Å². The van der Waals surface area contributed by atoms with Crippen molar-refractivity contribution in [2.75, 3.05) is 5.32 Å². The molecule has 1 aromatic heterocycles. The number of carbonyl (C=O) groups is 1. The van der Waals surface area contributed by atoms with Gasteiger partial charge in [-0.25, -0.2) is 4.39 Å². The number of hydrogen-bond donors (Lipinski definition) is 1. The lowest BCUT2D eigenvalue weighted by molar-refractivity contribution is -0.112. The SMILES string of the molecule is Cc1cc(/C=C(\C#N)C(=O)Nc2cc(Cl)ccc2Cl)c(C)n1-c1ccc(F)cc1. The van der Waals surface area contributed by atoms with E-state index < -0.39 is 5.91 Å². The Bertz CT molecular complexity index is 1160. The second kappa shape index (κ2) is 8.52. The zero-order chi connectivity index (χ0) is 21.1. The normalized spacial score (nSPS) is 11.2. The van der Waals surface area contributed by atoms with Gasteiger partial charge in [0.15, 0.2) is 0 Å². The van der Waals surface area contributed by atoms with Gasteiger partial charge in [-0.15, -0.1) is 0 Å². The Labute approximate surface area is 177 Å². The van der Waals surface area contributed by atoms with Crippen LogP contribution < -0.4 is 5.32 Å². The molecule has 29 heavy (non-hydrogen) atoms. The van der Waals surface area contributed by atoms with E-state index in [0.29, 0.717) is 21.3 Å². The summed E-state index contributed by atoms with van der Waals surface area (Å²) in [7, 11) is 0. The Morgan fingerprint density at radius 3 is 2.48 bits per heavy atom. The number of anilines is 1. The topological polar surface area (TPSA) is 57.8 Å². The first kappa shape index (κ1) is 20.7. The molecule has 0 radical (unpaired) electrons. The van der Waals surface area contributed by atoms with Crippen molar-refractivity contribution in [3.05, 3.63) is 86.9 Å². The maximum atomic E-state index is 13.2. The lowest BCUT2D eigenvalue weighted by Crippen LogP contribution is -2.13. The molecule has 4 nitrogen and oxygen atoms in total. The van der Waals surface area contributed by atoms with Gasteiger partial charge in [0.05, 0.1) is 10.7 Å². The van der Waals surface area contributed by atoms with Gasteiger partial charge in [-0.1, -0.05) is 23.2 Å². The quantitative estimate of drug-likeness (QED) is 0.404. The van der Waals surface area contributed by atoms with Crippen molar-refractivity contribution in [3.63, 3.8) is 0 Å². The Morgan fingerprint density at radius 2 is 1.83 bits per heavy atom. The Morgan fingerprint density at radius 1 is 1.14 bits per heavy atom. The highest BCUT2D eigenvalue weighted by Gasteiger charge is 2.15.